The SMILES string of the molecule is CN=C(NCCc1c(Cl)cccc1Cl)NCCC(F)(F)F. The van der Waals surface area contributed by atoms with Gasteiger partial charge in [0.05, 0.1) is 6.42 Å². The van der Waals surface area contributed by atoms with Crippen LogP contribution in [0.1, 0.15) is 12.0 Å². The number of benzene rings is 1. The predicted octanol–water partition coefficient (Wildman–Crippen LogP) is 3.65. The predicted molar refractivity (Wildman–Crippen MR) is 80.2 cm³/mol. The number of alkyl halides is 3. The lowest BCUT2D eigenvalue weighted by molar-refractivity contribution is -0.132. The molecule has 0 atom stereocenters. The molecular weight excluding hydrogens is 326 g/mol. The van der Waals surface area contributed by atoms with E-state index in [1.54, 1.807) is 18.2 Å². The third-order valence-electron chi connectivity index (χ3n) is 2.65. The lowest BCUT2D eigenvalue weighted by atomic mass is 10.1. The largest absolute Gasteiger partial charge is 0.390 e. The molecule has 0 bridgehead atoms. The molecule has 3 nitrogen and oxygen atoms in total. The van der Waals surface area contributed by atoms with E-state index in [0.29, 0.717) is 29.0 Å². The lowest BCUT2D eigenvalue weighted by Gasteiger charge is -2.13. The normalized spacial score (nSPS) is 12.4. The molecule has 0 aliphatic heterocycles. The highest BCUT2D eigenvalue weighted by Gasteiger charge is 2.26. The van der Waals surface area contributed by atoms with E-state index in [4.69, 9.17) is 23.2 Å². The third kappa shape index (κ3) is 6.91. The molecule has 0 radical (unpaired) electrons. The lowest BCUT2D eigenvalue weighted by Crippen LogP contribution is -2.39. The number of hydrogen-bond donors (Lipinski definition) is 2. The van der Waals surface area contributed by atoms with E-state index in [0.717, 1.165) is 5.56 Å². The van der Waals surface area contributed by atoms with Crippen LogP contribution in [0.2, 0.25) is 10.0 Å². The van der Waals surface area contributed by atoms with Gasteiger partial charge in [0.15, 0.2) is 5.96 Å². The first kappa shape index (κ1) is 17.9. The van der Waals surface area contributed by atoms with Crippen molar-refractivity contribution in [2.45, 2.75) is 19.0 Å². The standard InChI is InChI=1S/C13H16Cl2F3N3/c1-19-12(21-8-6-13(16,17)18)20-7-5-9-10(14)3-2-4-11(9)15/h2-4H,5-8H2,1H3,(H2,19,20,21). The zero-order valence-corrected chi connectivity index (χ0v) is 12.9. The van der Waals surface area contributed by atoms with Crippen molar-refractivity contribution < 1.29 is 13.2 Å². The Labute approximate surface area is 131 Å². The summed E-state index contributed by atoms with van der Waals surface area (Å²) >= 11 is 12.1. The van der Waals surface area contributed by atoms with Crippen molar-refractivity contribution in [3.63, 3.8) is 0 Å². The molecule has 0 spiro atoms. The maximum atomic E-state index is 12.0. The molecular formula is C13H16Cl2F3N3. The molecule has 0 aliphatic rings. The Bertz CT molecular complexity index is 470. The van der Waals surface area contributed by atoms with Gasteiger partial charge in [-0.3, -0.25) is 4.99 Å². The van der Waals surface area contributed by atoms with Crippen molar-refractivity contribution in [1.29, 1.82) is 0 Å². The van der Waals surface area contributed by atoms with Gasteiger partial charge in [0.1, 0.15) is 0 Å². The average Bonchev–Trinajstić information content (AvgIpc) is 2.38. The van der Waals surface area contributed by atoms with Crippen LogP contribution < -0.4 is 10.6 Å². The molecule has 21 heavy (non-hydrogen) atoms. The minimum atomic E-state index is -4.18. The van der Waals surface area contributed by atoms with Gasteiger partial charge in [-0.25, -0.2) is 0 Å². The van der Waals surface area contributed by atoms with Crippen molar-refractivity contribution in [3.8, 4) is 0 Å². The molecule has 0 saturated carbocycles. The van der Waals surface area contributed by atoms with Gasteiger partial charge in [0.25, 0.3) is 0 Å². The Balaban J connectivity index is 2.39. The van der Waals surface area contributed by atoms with Crippen molar-refractivity contribution >= 4 is 29.2 Å². The zero-order valence-electron chi connectivity index (χ0n) is 11.4. The fourth-order valence-corrected chi connectivity index (χ4v) is 2.21. The highest BCUT2D eigenvalue weighted by molar-refractivity contribution is 6.35. The summed E-state index contributed by atoms with van der Waals surface area (Å²) in [5.41, 5.74) is 0.791. The van der Waals surface area contributed by atoms with E-state index in [-0.39, 0.29) is 6.54 Å². The summed E-state index contributed by atoms with van der Waals surface area (Å²) in [4.78, 5) is 3.84. The quantitative estimate of drug-likeness (QED) is 0.633. The highest BCUT2D eigenvalue weighted by atomic mass is 35.5. The first-order chi connectivity index (χ1) is 9.83. The number of halogens is 5. The second-order valence-electron chi connectivity index (χ2n) is 4.24. The van der Waals surface area contributed by atoms with Crippen molar-refractivity contribution in [2.75, 3.05) is 20.1 Å². The van der Waals surface area contributed by atoms with E-state index < -0.39 is 12.6 Å². The van der Waals surface area contributed by atoms with Crippen LogP contribution in [0.15, 0.2) is 23.2 Å². The number of aliphatic imine (C=N–C) groups is 1. The first-order valence-electron chi connectivity index (χ1n) is 6.27. The Morgan fingerprint density at radius 3 is 2.24 bits per heavy atom. The van der Waals surface area contributed by atoms with Gasteiger partial charge < -0.3 is 10.6 Å². The summed E-state index contributed by atoms with van der Waals surface area (Å²) in [7, 11) is 1.49. The topological polar surface area (TPSA) is 36.4 Å². The van der Waals surface area contributed by atoms with Crippen LogP contribution in [0.25, 0.3) is 0 Å². The van der Waals surface area contributed by atoms with Gasteiger partial charge in [0.2, 0.25) is 0 Å². The van der Waals surface area contributed by atoms with E-state index in [2.05, 4.69) is 15.6 Å². The molecule has 0 amide bonds. The Kier molecular flexibility index (Phi) is 7.11. The fourth-order valence-electron chi connectivity index (χ4n) is 1.62. The molecule has 0 fully saturated rings. The van der Waals surface area contributed by atoms with Crippen LogP contribution in [0.5, 0.6) is 0 Å². The van der Waals surface area contributed by atoms with Crippen LogP contribution in [0, 0.1) is 0 Å². The van der Waals surface area contributed by atoms with Gasteiger partial charge in [-0.15, -0.1) is 0 Å². The maximum absolute atomic E-state index is 12.0. The van der Waals surface area contributed by atoms with Crippen LogP contribution in [0.3, 0.4) is 0 Å². The van der Waals surface area contributed by atoms with Gasteiger partial charge in [-0.2, -0.15) is 13.2 Å². The molecule has 0 unspecified atom stereocenters. The molecule has 1 aromatic carbocycles. The zero-order chi connectivity index (χ0) is 15.9. The minimum absolute atomic E-state index is 0.226. The minimum Gasteiger partial charge on any atom is -0.356 e. The van der Waals surface area contributed by atoms with E-state index >= 15 is 0 Å². The molecule has 0 heterocycles. The van der Waals surface area contributed by atoms with Crippen LogP contribution in [-0.4, -0.2) is 32.3 Å². The summed E-state index contributed by atoms with van der Waals surface area (Å²) in [6.07, 6.45) is -4.56. The number of nitrogens with zero attached hydrogens (tertiary/aromatic N) is 1. The summed E-state index contributed by atoms with van der Waals surface area (Å²) in [5.74, 6) is 0.308. The van der Waals surface area contributed by atoms with Gasteiger partial charge >= 0.3 is 6.18 Å². The molecule has 1 rings (SSSR count). The summed E-state index contributed by atoms with van der Waals surface area (Å²) < 4.78 is 36.1. The Hall–Kier alpha value is -1.14. The third-order valence-corrected chi connectivity index (χ3v) is 3.36. The molecule has 0 saturated heterocycles. The van der Waals surface area contributed by atoms with Crippen molar-refractivity contribution in [2.24, 2.45) is 4.99 Å². The van der Waals surface area contributed by atoms with E-state index in [9.17, 15) is 13.2 Å². The molecule has 1 aromatic rings. The van der Waals surface area contributed by atoms with E-state index in [1.165, 1.54) is 7.05 Å². The van der Waals surface area contributed by atoms with Crippen LogP contribution in [0.4, 0.5) is 13.2 Å². The van der Waals surface area contributed by atoms with Crippen LogP contribution >= 0.6 is 23.2 Å². The van der Waals surface area contributed by atoms with Crippen molar-refractivity contribution in [1.82, 2.24) is 10.6 Å². The number of rotatable bonds is 5. The maximum Gasteiger partial charge on any atom is 0.390 e. The smallest absolute Gasteiger partial charge is 0.356 e. The summed E-state index contributed by atoms with van der Waals surface area (Å²) in [6, 6.07) is 5.22. The second-order valence-corrected chi connectivity index (χ2v) is 5.06. The van der Waals surface area contributed by atoms with Crippen LogP contribution in [-0.2, 0) is 6.42 Å². The van der Waals surface area contributed by atoms with E-state index in [1.807, 2.05) is 0 Å². The van der Waals surface area contributed by atoms with Gasteiger partial charge in [0, 0.05) is 30.2 Å². The Morgan fingerprint density at radius 2 is 1.71 bits per heavy atom. The Morgan fingerprint density at radius 1 is 1.14 bits per heavy atom. The molecule has 0 aliphatic carbocycles. The monoisotopic (exact) mass is 341 g/mol. The fraction of sp³-hybridized carbons (Fsp3) is 0.462. The number of nitrogens with one attached hydrogen (secondary N) is 2. The molecule has 118 valence electrons. The highest BCUT2D eigenvalue weighted by Crippen LogP contribution is 2.24. The average molecular weight is 342 g/mol. The number of guanidine groups is 1. The summed E-state index contributed by atoms with van der Waals surface area (Å²) in [5, 5.41) is 6.63. The van der Waals surface area contributed by atoms with Gasteiger partial charge in [-0.1, -0.05) is 29.3 Å². The first-order valence-corrected chi connectivity index (χ1v) is 7.03. The second kappa shape index (κ2) is 8.34. The number of hydrogen-bond acceptors (Lipinski definition) is 1. The van der Waals surface area contributed by atoms with Crippen molar-refractivity contribution in [3.05, 3.63) is 33.8 Å². The summed E-state index contributed by atoms with van der Waals surface area (Å²) in [6.45, 7) is 0.227. The molecule has 8 heteroatoms. The molecule has 2 N–H and O–H groups in total. The van der Waals surface area contributed by atoms with Gasteiger partial charge in [-0.05, 0) is 24.1 Å². The molecule has 0 aromatic heterocycles.